The van der Waals surface area contributed by atoms with Gasteiger partial charge in [-0.25, -0.2) is 0 Å². The summed E-state index contributed by atoms with van der Waals surface area (Å²) in [7, 11) is 0. The lowest BCUT2D eigenvalue weighted by Gasteiger charge is -2.51. The summed E-state index contributed by atoms with van der Waals surface area (Å²) < 4.78 is 5.42. The monoisotopic (exact) mass is 364 g/mol. The third-order valence-corrected chi connectivity index (χ3v) is 6.83. The Morgan fingerprint density at radius 2 is 2.08 bits per heavy atom. The van der Waals surface area contributed by atoms with Crippen molar-refractivity contribution in [3.63, 3.8) is 0 Å². The van der Waals surface area contributed by atoms with Gasteiger partial charge < -0.3 is 15.8 Å². The lowest BCUT2D eigenvalue weighted by Crippen LogP contribution is -2.49. The number of hydrogen-bond donors (Lipinski definition) is 2. The number of thiophene rings is 1. The van der Waals surface area contributed by atoms with Crippen LogP contribution >= 0.6 is 11.3 Å². The third kappa shape index (κ3) is 3.22. The first kappa shape index (κ1) is 18.1. The molecule has 1 fully saturated rings. The first-order valence-corrected chi connectivity index (χ1v) is 9.35. The normalized spacial score (nSPS) is 24.1. The SMILES string of the molecule is CC(=O)C1CC(CC(=O)Nc2sc3c(c2C(N)=O)CCOC3)C1(C)C. The summed E-state index contributed by atoms with van der Waals surface area (Å²) in [6, 6.07) is 0. The molecule has 25 heavy (non-hydrogen) atoms. The molecule has 0 aromatic carbocycles. The zero-order chi connectivity index (χ0) is 18.4. The molecule has 1 aliphatic carbocycles. The lowest BCUT2D eigenvalue weighted by atomic mass is 9.52. The van der Waals surface area contributed by atoms with E-state index in [0.29, 0.717) is 36.6 Å². The second-order valence-electron chi connectivity index (χ2n) is 7.54. The number of amides is 2. The Kier molecular flexibility index (Phi) is 4.72. The molecule has 1 aromatic rings. The van der Waals surface area contributed by atoms with E-state index < -0.39 is 5.91 Å². The first-order valence-electron chi connectivity index (χ1n) is 8.54. The molecule has 7 heteroatoms. The molecular weight excluding hydrogens is 340 g/mol. The molecule has 136 valence electrons. The number of primary amides is 1. The topological polar surface area (TPSA) is 98.5 Å². The largest absolute Gasteiger partial charge is 0.376 e. The van der Waals surface area contributed by atoms with E-state index in [2.05, 4.69) is 5.32 Å². The van der Waals surface area contributed by atoms with Crippen LogP contribution in [0.5, 0.6) is 0 Å². The van der Waals surface area contributed by atoms with Crippen LogP contribution in [0.2, 0.25) is 0 Å². The van der Waals surface area contributed by atoms with Gasteiger partial charge in [-0.05, 0) is 36.7 Å². The molecule has 0 spiro atoms. The number of carbonyl (C=O) groups is 3. The number of ketones is 1. The van der Waals surface area contributed by atoms with Crippen LogP contribution in [0.25, 0.3) is 0 Å². The summed E-state index contributed by atoms with van der Waals surface area (Å²) in [5, 5.41) is 3.39. The highest BCUT2D eigenvalue weighted by molar-refractivity contribution is 7.17. The van der Waals surface area contributed by atoms with Crippen molar-refractivity contribution < 1.29 is 19.1 Å². The number of anilines is 1. The minimum absolute atomic E-state index is 0.0256. The molecule has 0 radical (unpaired) electrons. The maximum absolute atomic E-state index is 12.5. The molecule has 3 N–H and O–H groups in total. The lowest BCUT2D eigenvalue weighted by molar-refractivity contribution is -0.139. The fourth-order valence-electron chi connectivity index (χ4n) is 4.03. The Morgan fingerprint density at radius 1 is 1.36 bits per heavy atom. The zero-order valence-corrected chi connectivity index (χ0v) is 15.6. The number of nitrogens with one attached hydrogen (secondary N) is 1. The standard InChI is InChI=1S/C18H24N2O4S/c1-9(21)12-6-10(18(12,2)3)7-14(22)20-17-15(16(19)23)11-4-5-24-8-13(11)25-17/h10,12H,4-8H2,1-3H3,(H2,19,23)(H,20,22). The number of nitrogens with two attached hydrogens (primary N) is 1. The van der Waals surface area contributed by atoms with Gasteiger partial charge in [0.05, 0.1) is 18.8 Å². The number of ether oxygens (including phenoxy) is 1. The van der Waals surface area contributed by atoms with Crippen LogP contribution in [0.4, 0.5) is 5.00 Å². The smallest absolute Gasteiger partial charge is 0.251 e. The highest BCUT2D eigenvalue weighted by Crippen LogP contribution is 2.53. The number of rotatable bonds is 5. The second-order valence-corrected chi connectivity index (χ2v) is 8.65. The second kappa shape index (κ2) is 6.53. The summed E-state index contributed by atoms with van der Waals surface area (Å²) in [5.41, 5.74) is 6.69. The number of carbonyl (C=O) groups excluding carboxylic acids is 3. The van der Waals surface area contributed by atoms with Gasteiger partial charge in [-0.3, -0.25) is 14.4 Å². The van der Waals surface area contributed by atoms with Gasteiger partial charge in [-0.2, -0.15) is 0 Å². The van der Waals surface area contributed by atoms with E-state index in [0.717, 1.165) is 16.9 Å². The molecule has 0 saturated heterocycles. The summed E-state index contributed by atoms with van der Waals surface area (Å²) in [5.74, 6) is -0.282. The van der Waals surface area contributed by atoms with Crippen molar-refractivity contribution in [1.29, 1.82) is 0 Å². The van der Waals surface area contributed by atoms with Crippen molar-refractivity contribution in [2.75, 3.05) is 11.9 Å². The first-order chi connectivity index (χ1) is 11.7. The highest BCUT2D eigenvalue weighted by atomic mass is 32.1. The average molecular weight is 364 g/mol. The van der Waals surface area contributed by atoms with Crippen molar-refractivity contribution >= 4 is 33.9 Å². The van der Waals surface area contributed by atoms with Gasteiger partial charge >= 0.3 is 0 Å². The third-order valence-electron chi connectivity index (χ3n) is 5.71. The summed E-state index contributed by atoms with van der Waals surface area (Å²) >= 11 is 1.36. The predicted molar refractivity (Wildman–Crippen MR) is 95.5 cm³/mol. The minimum atomic E-state index is -0.518. The van der Waals surface area contributed by atoms with Gasteiger partial charge in [0.1, 0.15) is 10.8 Å². The van der Waals surface area contributed by atoms with Crippen LogP contribution in [-0.2, 0) is 27.4 Å². The van der Waals surface area contributed by atoms with Crippen molar-refractivity contribution in [1.82, 2.24) is 0 Å². The Morgan fingerprint density at radius 3 is 2.68 bits per heavy atom. The van der Waals surface area contributed by atoms with Crippen LogP contribution < -0.4 is 11.1 Å². The molecule has 6 nitrogen and oxygen atoms in total. The van der Waals surface area contributed by atoms with Crippen molar-refractivity contribution in [2.45, 2.75) is 46.6 Å². The summed E-state index contributed by atoms with van der Waals surface area (Å²) in [4.78, 5) is 36.9. The van der Waals surface area contributed by atoms with Crippen LogP contribution in [0.15, 0.2) is 0 Å². The van der Waals surface area contributed by atoms with Crippen LogP contribution in [0, 0.1) is 17.3 Å². The van der Waals surface area contributed by atoms with Gasteiger partial charge in [0.15, 0.2) is 0 Å². The van der Waals surface area contributed by atoms with E-state index in [9.17, 15) is 14.4 Å². The quantitative estimate of drug-likeness (QED) is 0.838. The van der Waals surface area contributed by atoms with E-state index >= 15 is 0 Å². The molecule has 2 amide bonds. The average Bonchev–Trinajstić information content (AvgIpc) is 2.88. The molecule has 3 rings (SSSR count). The van der Waals surface area contributed by atoms with Crippen molar-refractivity contribution in [3.8, 4) is 0 Å². The van der Waals surface area contributed by atoms with E-state index in [1.807, 2.05) is 13.8 Å². The molecule has 2 heterocycles. The van der Waals surface area contributed by atoms with E-state index in [1.165, 1.54) is 11.3 Å². The van der Waals surface area contributed by atoms with Crippen molar-refractivity contribution in [2.24, 2.45) is 23.0 Å². The van der Waals surface area contributed by atoms with Gasteiger partial charge in [-0.1, -0.05) is 13.8 Å². The van der Waals surface area contributed by atoms with Gasteiger partial charge in [0.2, 0.25) is 5.91 Å². The maximum Gasteiger partial charge on any atom is 0.251 e. The number of hydrogen-bond acceptors (Lipinski definition) is 5. The molecule has 1 aliphatic heterocycles. The summed E-state index contributed by atoms with van der Waals surface area (Å²) in [6.07, 6.45) is 1.72. The molecule has 1 saturated carbocycles. The summed E-state index contributed by atoms with van der Waals surface area (Å²) in [6.45, 7) is 6.69. The molecule has 0 bridgehead atoms. The highest BCUT2D eigenvalue weighted by Gasteiger charge is 2.50. The van der Waals surface area contributed by atoms with Gasteiger partial charge in [-0.15, -0.1) is 11.3 Å². The molecule has 2 aliphatic rings. The number of Topliss-reactive ketones (excluding diaryl/α,β-unsaturated/α-hetero) is 1. The Hall–Kier alpha value is -1.73. The fraction of sp³-hybridized carbons (Fsp3) is 0.611. The van der Waals surface area contributed by atoms with Gasteiger partial charge in [0.25, 0.3) is 5.91 Å². The van der Waals surface area contributed by atoms with Crippen molar-refractivity contribution in [3.05, 3.63) is 16.0 Å². The molecule has 1 aromatic heterocycles. The van der Waals surface area contributed by atoms with E-state index in [-0.39, 0.29) is 28.9 Å². The van der Waals surface area contributed by atoms with Crippen LogP contribution in [-0.4, -0.2) is 24.2 Å². The Balaban J connectivity index is 1.71. The van der Waals surface area contributed by atoms with Crippen LogP contribution in [0.3, 0.4) is 0 Å². The number of fused-ring (bicyclic) bond motifs is 1. The van der Waals surface area contributed by atoms with E-state index in [1.54, 1.807) is 6.92 Å². The van der Waals surface area contributed by atoms with Crippen LogP contribution in [0.1, 0.15) is 54.4 Å². The maximum atomic E-state index is 12.5. The zero-order valence-electron chi connectivity index (χ0n) is 14.8. The Bertz CT molecular complexity index is 738. The molecule has 2 atom stereocenters. The molecular formula is C18H24N2O4S. The fourth-order valence-corrected chi connectivity index (χ4v) is 5.24. The minimum Gasteiger partial charge on any atom is -0.376 e. The van der Waals surface area contributed by atoms with E-state index in [4.69, 9.17) is 10.5 Å². The predicted octanol–water partition coefficient (Wildman–Crippen LogP) is 2.50. The Labute approximate surface area is 151 Å². The molecule has 2 unspecified atom stereocenters. The van der Waals surface area contributed by atoms with Gasteiger partial charge in [0, 0.05) is 17.2 Å².